The molecule has 2 aromatic heterocycles. The van der Waals surface area contributed by atoms with Crippen molar-refractivity contribution in [3.05, 3.63) is 52.0 Å². The van der Waals surface area contributed by atoms with Crippen molar-refractivity contribution >= 4 is 34.0 Å². The summed E-state index contributed by atoms with van der Waals surface area (Å²) in [6.07, 6.45) is 0. The van der Waals surface area contributed by atoms with Gasteiger partial charge < -0.3 is 4.57 Å². The summed E-state index contributed by atoms with van der Waals surface area (Å²) >= 11 is 8.00. The lowest BCUT2D eigenvalue weighted by Gasteiger charge is -2.09. The molecule has 1 aromatic carbocycles. The van der Waals surface area contributed by atoms with Crippen molar-refractivity contribution < 1.29 is 0 Å². The fourth-order valence-electron chi connectivity index (χ4n) is 2.29. The summed E-state index contributed by atoms with van der Waals surface area (Å²) in [5.74, 6) is 0.938. The highest BCUT2D eigenvalue weighted by atomic mass is 35.5. The molecule has 0 fully saturated rings. The van der Waals surface area contributed by atoms with Gasteiger partial charge in [-0.3, -0.25) is 0 Å². The molecule has 0 amide bonds. The normalized spacial score (nSPS) is 13.0. The summed E-state index contributed by atoms with van der Waals surface area (Å²) in [7, 11) is 0. The van der Waals surface area contributed by atoms with Gasteiger partial charge in [-0.15, -0.1) is 11.6 Å². The van der Waals surface area contributed by atoms with E-state index in [1.54, 1.807) is 11.3 Å². The number of alkyl halides is 1. The van der Waals surface area contributed by atoms with E-state index in [0.717, 1.165) is 23.4 Å². The first kappa shape index (κ1) is 12.7. The van der Waals surface area contributed by atoms with Crippen LogP contribution in [0.3, 0.4) is 0 Å². The lowest BCUT2D eigenvalue weighted by Crippen LogP contribution is -2.05. The number of nitrogens with zero attached hydrogens (tertiary/aromatic N) is 2. The van der Waals surface area contributed by atoms with Gasteiger partial charge in [0.25, 0.3) is 0 Å². The Balaban J connectivity index is 2.16. The average Bonchev–Trinajstić information content (AvgIpc) is 2.97. The summed E-state index contributed by atoms with van der Waals surface area (Å²) in [4.78, 5) is 4.69. The number of hydrogen-bond acceptors (Lipinski definition) is 2. The molecule has 0 radical (unpaired) electrons. The number of aromatic nitrogens is 2. The molecule has 0 aliphatic carbocycles. The molecular weight excluding hydrogens is 276 g/mol. The Bertz CT molecular complexity index is 698. The predicted octanol–water partition coefficient (Wildman–Crippen LogP) is 4.75. The third-order valence-electron chi connectivity index (χ3n) is 3.21. The van der Waals surface area contributed by atoms with Crippen LogP contribution >= 0.6 is 22.9 Å². The summed E-state index contributed by atoms with van der Waals surface area (Å²) in [6.45, 7) is 4.89. The molecule has 1 unspecified atom stereocenters. The second-order valence-electron chi connectivity index (χ2n) is 4.80. The number of halogens is 1. The first-order valence-electron chi connectivity index (χ1n) is 6.27. The topological polar surface area (TPSA) is 17.8 Å². The number of fused-ring (bicyclic) bond motifs is 1. The average molecular weight is 291 g/mol. The highest BCUT2D eigenvalue weighted by molar-refractivity contribution is 7.07. The van der Waals surface area contributed by atoms with Crippen molar-refractivity contribution in [3.8, 4) is 0 Å². The van der Waals surface area contributed by atoms with Gasteiger partial charge in [0.15, 0.2) is 0 Å². The first-order valence-corrected chi connectivity index (χ1v) is 7.65. The molecule has 3 rings (SSSR count). The molecular formula is C15H15ClN2S. The van der Waals surface area contributed by atoms with E-state index < -0.39 is 0 Å². The maximum absolute atomic E-state index is 6.28. The SMILES string of the molecule is Cc1ccc2c(c1)nc(C(C)Cl)n2Cc1ccsc1. The van der Waals surface area contributed by atoms with Crippen molar-refractivity contribution in [3.63, 3.8) is 0 Å². The van der Waals surface area contributed by atoms with Gasteiger partial charge >= 0.3 is 0 Å². The summed E-state index contributed by atoms with van der Waals surface area (Å²) < 4.78 is 2.22. The van der Waals surface area contributed by atoms with Gasteiger partial charge in [-0.05, 0) is 53.9 Å². The van der Waals surface area contributed by atoms with Crippen molar-refractivity contribution in [1.29, 1.82) is 0 Å². The van der Waals surface area contributed by atoms with Gasteiger partial charge in [-0.2, -0.15) is 11.3 Å². The fraction of sp³-hybridized carbons (Fsp3) is 0.267. The van der Waals surface area contributed by atoms with E-state index >= 15 is 0 Å². The lowest BCUT2D eigenvalue weighted by atomic mass is 10.2. The quantitative estimate of drug-likeness (QED) is 0.636. The van der Waals surface area contributed by atoms with Gasteiger partial charge in [0, 0.05) is 0 Å². The third-order valence-corrected chi connectivity index (χ3v) is 4.14. The Labute approximate surface area is 121 Å². The molecule has 0 saturated carbocycles. The Morgan fingerprint density at radius 1 is 1.37 bits per heavy atom. The number of imidazole rings is 1. The molecule has 0 aliphatic heterocycles. The number of rotatable bonds is 3. The molecule has 19 heavy (non-hydrogen) atoms. The standard InChI is InChI=1S/C15H15ClN2S/c1-10-3-4-14-13(7-10)17-15(11(2)16)18(14)8-12-5-6-19-9-12/h3-7,9,11H,8H2,1-2H3. The van der Waals surface area contributed by atoms with Gasteiger partial charge in [-0.25, -0.2) is 4.98 Å². The van der Waals surface area contributed by atoms with Crippen molar-refractivity contribution in [2.24, 2.45) is 0 Å². The largest absolute Gasteiger partial charge is 0.322 e. The Morgan fingerprint density at radius 3 is 2.89 bits per heavy atom. The Morgan fingerprint density at radius 2 is 2.21 bits per heavy atom. The van der Waals surface area contributed by atoms with Crippen LogP contribution in [0.4, 0.5) is 0 Å². The molecule has 1 atom stereocenters. The number of aryl methyl sites for hydroxylation is 1. The van der Waals surface area contributed by atoms with Crippen LogP contribution < -0.4 is 0 Å². The van der Waals surface area contributed by atoms with Gasteiger partial charge in [0.1, 0.15) is 5.82 Å². The van der Waals surface area contributed by atoms with Crippen molar-refractivity contribution in [1.82, 2.24) is 9.55 Å². The van der Waals surface area contributed by atoms with Crippen LogP contribution in [-0.4, -0.2) is 9.55 Å². The molecule has 3 aromatic rings. The van der Waals surface area contributed by atoms with E-state index in [2.05, 4.69) is 51.5 Å². The maximum Gasteiger partial charge on any atom is 0.128 e. The third kappa shape index (κ3) is 2.40. The van der Waals surface area contributed by atoms with Gasteiger partial charge in [0.2, 0.25) is 0 Å². The first-order chi connectivity index (χ1) is 9.15. The number of thiophene rings is 1. The van der Waals surface area contributed by atoms with Crippen LogP contribution in [0.1, 0.15) is 29.3 Å². The fourth-order valence-corrected chi connectivity index (χ4v) is 3.12. The molecule has 4 heteroatoms. The molecule has 0 spiro atoms. The lowest BCUT2D eigenvalue weighted by molar-refractivity contribution is 0.744. The van der Waals surface area contributed by atoms with Crippen molar-refractivity contribution in [2.75, 3.05) is 0 Å². The van der Waals surface area contributed by atoms with Crippen LogP contribution in [0.15, 0.2) is 35.0 Å². The molecule has 0 N–H and O–H groups in total. The second kappa shape index (κ2) is 4.99. The summed E-state index contributed by atoms with van der Waals surface area (Å²) in [6, 6.07) is 8.51. The van der Waals surface area contributed by atoms with Crippen LogP contribution in [0, 0.1) is 6.92 Å². The molecule has 0 bridgehead atoms. The van der Waals surface area contributed by atoms with Crippen molar-refractivity contribution in [2.45, 2.75) is 25.8 Å². The molecule has 98 valence electrons. The minimum absolute atomic E-state index is 0.0914. The summed E-state index contributed by atoms with van der Waals surface area (Å²) in [5.41, 5.74) is 4.70. The molecule has 0 aliphatic rings. The van der Waals surface area contributed by atoms with E-state index in [9.17, 15) is 0 Å². The highest BCUT2D eigenvalue weighted by Crippen LogP contribution is 2.26. The van der Waals surface area contributed by atoms with E-state index in [4.69, 9.17) is 11.6 Å². The number of hydrogen-bond donors (Lipinski definition) is 0. The van der Waals surface area contributed by atoms with E-state index in [1.165, 1.54) is 11.1 Å². The maximum atomic E-state index is 6.28. The van der Waals surface area contributed by atoms with Crippen LogP contribution in [0.2, 0.25) is 0 Å². The van der Waals surface area contributed by atoms with Crippen LogP contribution in [0.25, 0.3) is 11.0 Å². The minimum Gasteiger partial charge on any atom is -0.322 e. The van der Waals surface area contributed by atoms with Gasteiger partial charge in [-0.1, -0.05) is 6.07 Å². The van der Waals surface area contributed by atoms with E-state index in [1.807, 2.05) is 6.92 Å². The van der Waals surface area contributed by atoms with Gasteiger partial charge in [0.05, 0.1) is 23.0 Å². The zero-order chi connectivity index (χ0) is 13.4. The Kier molecular flexibility index (Phi) is 3.33. The van der Waals surface area contributed by atoms with Crippen LogP contribution in [0.5, 0.6) is 0 Å². The highest BCUT2D eigenvalue weighted by Gasteiger charge is 2.15. The summed E-state index contributed by atoms with van der Waals surface area (Å²) in [5, 5.41) is 4.18. The minimum atomic E-state index is -0.0914. The monoisotopic (exact) mass is 290 g/mol. The number of benzene rings is 1. The molecule has 0 saturated heterocycles. The van der Waals surface area contributed by atoms with E-state index in [0.29, 0.717) is 0 Å². The molecule has 2 nitrogen and oxygen atoms in total. The zero-order valence-corrected chi connectivity index (χ0v) is 12.5. The van der Waals surface area contributed by atoms with E-state index in [-0.39, 0.29) is 5.38 Å². The zero-order valence-electron chi connectivity index (χ0n) is 10.9. The second-order valence-corrected chi connectivity index (χ2v) is 6.23. The Hall–Kier alpha value is -1.32. The smallest absolute Gasteiger partial charge is 0.128 e. The van der Waals surface area contributed by atoms with Crippen LogP contribution in [-0.2, 0) is 6.54 Å². The predicted molar refractivity (Wildman–Crippen MR) is 82.2 cm³/mol. The molecule has 2 heterocycles.